The summed E-state index contributed by atoms with van der Waals surface area (Å²) in [5.41, 5.74) is 1.10. The molecule has 1 aromatic rings. The van der Waals surface area contributed by atoms with Gasteiger partial charge in [0.1, 0.15) is 0 Å². The van der Waals surface area contributed by atoms with Crippen molar-refractivity contribution < 1.29 is 4.74 Å². The van der Waals surface area contributed by atoms with Crippen LogP contribution in [0.25, 0.3) is 0 Å². The van der Waals surface area contributed by atoms with Crippen LogP contribution in [0.5, 0.6) is 0 Å². The molecule has 12 heavy (non-hydrogen) atoms. The van der Waals surface area contributed by atoms with Crippen LogP contribution in [-0.4, -0.2) is 24.7 Å². The van der Waals surface area contributed by atoms with Crippen molar-refractivity contribution in [1.29, 1.82) is 0 Å². The lowest BCUT2D eigenvalue weighted by atomic mass is 10.1. The first kappa shape index (κ1) is 7.71. The Morgan fingerprint density at radius 1 is 1.67 bits per heavy atom. The standard InChI is InChI=1S/C9H11N2O/c1-2-8(6-10-3-1)9-7-11-4-5-12-9/h2-3,6,9,11H,4-5,7H2. The highest BCUT2D eigenvalue weighted by Crippen LogP contribution is 2.16. The summed E-state index contributed by atoms with van der Waals surface area (Å²) in [5.74, 6) is 0. The first-order chi connectivity index (χ1) is 5.97. The van der Waals surface area contributed by atoms with Crippen LogP contribution < -0.4 is 5.32 Å². The fraction of sp³-hybridized carbons (Fsp3) is 0.444. The molecule has 1 aliphatic rings. The Balaban J connectivity index is 2.08. The summed E-state index contributed by atoms with van der Waals surface area (Å²) in [4.78, 5) is 4.00. The molecule has 1 atom stereocenters. The molecule has 1 unspecified atom stereocenters. The number of rotatable bonds is 1. The van der Waals surface area contributed by atoms with Gasteiger partial charge in [0, 0.05) is 37.1 Å². The van der Waals surface area contributed by atoms with Crippen LogP contribution in [0.4, 0.5) is 0 Å². The van der Waals surface area contributed by atoms with E-state index in [1.54, 1.807) is 6.20 Å². The summed E-state index contributed by atoms with van der Waals surface area (Å²) < 4.78 is 5.54. The molecule has 1 saturated heterocycles. The van der Waals surface area contributed by atoms with Gasteiger partial charge in [-0.3, -0.25) is 4.98 Å². The third kappa shape index (κ3) is 1.62. The maximum absolute atomic E-state index is 5.54. The Morgan fingerprint density at radius 3 is 3.33 bits per heavy atom. The molecule has 0 aromatic carbocycles. The minimum atomic E-state index is 0.156. The second-order valence-electron chi connectivity index (χ2n) is 2.78. The van der Waals surface area contributed by atoms with Crippen LogP contribution >= 0.6 is 0 Å². The molecule has 1 aromatic heterocycles. The third-order valence-electron chi connectivity index (χ3n) is 1.92. The fourth-order valence-electron chi connectivity index (χ4n) is 1.29. The van der Waals surface area contributed by atoms with E-state index in [1.807, 2.05) is 12.3 Å². The number of nitrogens with one attached hydrogen (secondary N) is 1. The van der Waals surface area contributed by atoms with Crippen molar-refractivity contribution in [3.63, 3.8) is 0 Å². The number of hydrogen-bond donors (Lipinski definition) is 1. The molecule has 0 bridgehead atoms. The molecule has 3 nitrogen and oxygen atoms in total. The van der Waals surface area contributed by atoms with Gasteiger partial charge in [0.2, 0.25) is 0 Å². The van der Waals surface area contributed by atoms with E-state index in [0.29, 0.717) is 0 Å². The van der Waals surface area contributed by atoms with Crippen LogP contribution in [0.1, 0.15) is 11.7 Å². The van der Waals surface area contributed by atoms with Gasteiger partial charge in [-0.1, -0.05) is 0 Å². The number of pyridine rings is 1. The molecule has 63 valence electrons. The van der Waals surface area contributed by atoms with E-state index in [1.165, 1.54) is 0 Å². The van der Waals surface area contributed by atoms with Gasteiger partial charge in [0.25, 0.3) is 0 Å². The van der Waals surface area contributed by atoms with Gasteiger partial charge in [-0.05, 0) is 6.07 Å². The minimum absolute atomic E-state index is 0.156. The fourth-order valence-corrected chi connectivity index (χ4v) is 1.29. The van der Waals surface area contributed by atoms with Crippen molar-refractivity contribution in [3.8, 4) is 0 Å². The second kappa shape index (κ2) is 3.65. The van der Waals surface area contributed by atoms with Crippen LogP contribution in [0.3, 0.4) is 0 Å². The van der Waals surface area contributed by atoms with E-state index < -0.39 is 0 Å². The largest absolute Gasteiger partial charge is 0.371 e. The summed E-state index contributed by atoms with van der Waals surface area (Å²) in [6.07, 6.45) is 3.64. The molecule has 2 rings (SSSR count). The molecule has 0 saturated carbocycles. The number of morpholine rings is 1. The Labute approximate surface area is 71.8 Å². The molecule has 1 N–H and O–H groups in total. The molecular formula is C9H11N2O. The molecule has 0 amide bonds. The van der Waals surface area contributed by atoms with E-state index in [4.69, 9.17) is 4.74 Å². The number of aromatic nitrogens is 1. The molecule has 0 aliphatic carbocycles. The Bertz CT molecular complexity index is 232. The van der Waals surface area contributed by atoms with Gasteiger partial charge in [0.15, 0.2) is 0 Å². The van der Waals surface area contributed by atoms with Crippen LogP contribution in [-0.2, 0) is 4.74 Å². The van der Waals surface area contributed by atoms with E-state index in [-0.39, 0.29) is 6.10 Å². The van der Waals surface area contributed by atoms with Crippen molar-refractivity contribution in [2.24, 2.45) is 0 Å². The van der Waals surface area contributed by atoms with Crippen LogP contribution in [0, 0.1) is 6.07 Å². The smallest absolute Gasteiger partial charge is 0.0964 e. The topological polar surface area (TPSA) is 34.2 Å². The van der Waals surface area contributed by atoms with Crippen LogP contribution in [0.2, 0.25) is 0 Å². The normalized spacial score (nSPS) is 23.8. The number of hydrogen-bond acceptors (Lipinski definition) is 3. The Morgan fingerprint density at radius 2 is 2.67 bits per heavy atom. The zero-order valence-corrected chi connectivity index (χ0v) is 6.79. The van der Waals surface area contributed by atoms with Crippen molar-refractivity contribution >= 4 is 0 Å². The average molecular weight is 163 g/mol. The molecular weight excluding hydrogens is 152 g/mol. The third-order valence-corrected chi connectivity index (χ3v) is 1.92. The highest BCUT2D eigenvalue weighted by Gasteiger charge is 2.14. The lowest BCUT2D eigenvalue weighted by molar-refractivity contribution is 0.0275. The maximum Gasteiger partial charge on any atom is 0.0964 e. The first-order valence-electron chi connectivity index (χ1n) is 4.10. The zero-order valence-electron chi connectivity index (χ0n) is 6.79. The monoisotopic (exact) mass is 163 g/mol. The van der Waals surface area contributed by atoms with Crippen molar-refractivity contribution in [1.82, 2.24) is 10.3 Å². The predicted molar refractivity (Wildman–Crippen MR) is 44.6 cm³/mol. The average Bonchev–Trinajstić information content (AvgIpc) is 2.21. The molecule has 1 fully saturated rings. The maximum atomic E-state index is 5.54. The van der Waals surface area contributed by atoms with Gasteiger partial charge < -0.3 is 10.1 Å². The molecule has 3 heteroatoms. The Hall–Kier alpha value is -0.930. The summed E-state index contributed by atoms with van der Waals surface area (Å²) in [7, 11) is 0. The quantitative estimate of drug-likeness (QED) is 0.656. The van der Waals surface area contributed by atoms with E-state index in [0.717, 1.165) is 25.3 Å². The summed E-state index contributed by atoms with van der Waals surface area (Å²) in [5, 5.41) is 3.27. The van der Waals surface area contributed by atoms with Gasteiger partial charge in [0.05, 0.1) is 12.7 Å². The molecule has 1 aliphatic heterocycles. The van der Waals surface area contributed by atoms with Gasteiger partial charge >= 0.3 is 0 Å². The van der Waals surface area contributed by atoms with E-state index >= 15 is 0 Å². The van der Waals surface area contributed by atoms with Crippen molar-refractivity contribution in [2.75, 3.05) is 19.7 Å². The van der Waals surface area contributed by atoms with Crippen molar-refractivity contribution in [2.45, 2.75) is 6.10 Å². The van der Waals surface area contributed by atoms with Gasteiger partial charge in [-0.15, -0.1) is 0 Å². The molecule has 1 radical (unpaired) electrons. The summed E-state index contributed by atoms with van der Waals surface area (Å²) >= 11 is 0. The highest BCUT2D eigenvalue weighted by atomic mass is 16.5. The van der Waals surface area contributed by atoms with Crippen molar-refractivity contribution in [3.05, 3.63) is 30.1 Å². The van der Waals surface area contributed by atoms with E-state index in [2.05, 4.69) is 16.4 Å². The molecule has 0 spiro atoms. The first-order valence-corrected chi connectivity index (χ1v) is 4.10. The number of nitrogens with zero attached hydrogens (tertiary/aromatic N) is 1. The predicted octanol–water partition coefficient (Wildman–Crippen LogP) is 0.543. The Kier molecular flexibility index (Phi) is 2.34. The van der Waals surface area contributed by atoms with Gasteiger partial charge in [-0.25, -0.2) is 0 Å². The lowest BCUT2D eigenvalue weighted by Crippen LogP contribution is -2.33. The zero-order chi connectivity index (χ0) is 8.23. The number of ether oxygens (including phenoxy) is 1. The summed E-state index contributed by atoms with van der Waals surface area (Å²) in [6.45, 7) is 2.60. The summed E-state index contributed by atoms with van der Waals surface area (Å²) in [6, 6.07) is 4.86. The minimum Gasteiger partial charge on any atom is -0.371 e. The van der Waals surface area contributed by atoms with Gasteiger partial charge in [-0.2, -0.15) is 0 Å². The highest BCUT2D eigenvalue weighted by molar-refractivity contribution is 5.12. The van der Waals surface area contributed by atoms with E-state index in [9.17, 15) is 0 Å². The second-order valence-corrected chi connectivity index (χ2v) is 2.78. The molecule has 2 heterocycles. The lowest BCUT2D eigenvalue weighted by Gasteiger charge is -2.23. The SMILES string of the molecule is [c]1cncc(C2CNCCO2)c1. The van der Waals surface area contributed by atoms with Crippen LogP contribution in [0.15, 0.2) is 18.5 Å².